The van der Waals surface area contributed by atoms with Gasteiger partial charge in [0, 0.05) is 38.2 Å². The van der Waals surface area contributed by atoms with Gasteiger partial charge in [-0.15, -0.1) is 0 Å². The summed E-state index contributed by atoms with van der Waals surface area (Å²) in [7, 11) is 1.99. The van der Waals surface area contributed by atoms with Crippen LogP contribution in [0.3, 0.4) is 0 Å². The number of benzene rings is 1. The Labute approximate surface area is 201 Å². The van der Waals surface area contributed by atoms with Crippen molar-refractivity contribution in [3.8, 4) is 0 Å². The highest BCUT2D eigenvalue weighted by atomic mass is 15.3. The number of anilines is 3. The first-order valence-electron chi connectivity index (χ1n) is 12.0. The van der Waals surface area contributed by atoms with Gasteiger partial charge in [-0.2, -0.15) is 9.97 Å². The largest absolute Gasteiger partial charge is 0.341 e. The van der Waals surface area contributed by atoms with Crippen LogP contribution in [0.5, 0.6) is 0 Å². The van der Waals surface area contributed by atoms with Crippen LogP contribution in [-0.2, 0) is 12.5 Å². The van der Waals surface area contributed by atoms with Crippen LogP contribution in [0.2, 0.25) is 0 Å². The molecule has 0 radical (unpaired) electrons. The molecule has 1 aliphatic heterocycles. The van der Waals surface area contributed by atoms with Crippen LogP contribution < -0.4 is 10.2 Å². The van der Waals surface area contributed by atoms with Crippen LogP contribution >= 0.6 is 0 Å². The fourth-order valence-corrected chi connectivity index (χ4v) is 4.67. The van der Waals surface area contributed by atoms with Gasteiger partial charge in [-0.25, -0.2) is 4.98 Å². The number of hydrogen-bond acceptors (Lipinski definition) is 6. The van der Waals surface area contributed by atoms with Crippen molar-refractivity contribution in [3.63, 3.8) is 0 Å². The average molecular weight is 456 g/mol. The van der Waals surface area contributed by atoms with Gasteiger partial charge in [0.05, 0.1) is 6.33 Å². The predicted molar refractivity (Wildman–Crippen MR) is 138 cm³/mol. The van der Waals surface area contributed by atoms with Gasteiger partial charge >= 0.3 is 0 Å². The van der Waals surface area contributed by atoms with Crippen molar-refractivity contribution < 1.29 is 0 Å². The molecule has 0 aliphatic carbocycles. The third-order valence-electron chi connectivity index (χ3n) is 6.87. The Morgan fingerprint density at radius 2 is 1.74 bits per heavy atom. The highest BCUT2D eigenvalue weighted by Crippen LogP contribution is 2.33. The molecule has 176 valence electrons. The Hall–Kier alpha value is -3.48. The van der Waals surface area contributed by atoms with Gasteiger partial charge < -0.3 is 14.8 Å². The molecule has 1 aliphatic rings. The van der Waals surface area contributed by atoms with Gasteiger partial charge in [-0.3, -0.25) is 4.98 Å². The van der Waals surface area contributed by atoms with Gasteiger partial charge in [-0.05, 0) is 66.0 Å². The second-order valence-corrected chi connectivity index (χ2v) is 10.3. The maximum absolute atomic E-state index is 5.02. The lowest BCUT2D eigenvalue weighted by Gasteiger charge is -2.32. The quantitative estimate of drug-likeness (QED) is 0.439. The zero-order valence-corrected chi connectivity index (χ0v) is 20.7. The summed E-state index contributed by atoms with van der Waals surface area (Å²) in [5.74, 6) is 2.09. The minimum absolute atomic E-state index is 0.0714. The fourth-order valence-electron chi connectivity index (χ4n) is 4.67. The summed E-state index contributed by atoms with van der Waals surface area (Å²) >= 11 is 0. The van der Waals surface area contributed by atoms with Crippen molar-refractivity contribution in [2.45, 2.75) is 51.9 Å². The van der Waals surface area contributed by atoms with Crippen molar-refractivity contribution in [1.29, 1.82) is 0 Å². The Kier molecular flexibility index (Phi) is 5.71. The van der Waals surface area contributed by atoms with E-state index in [2.05, 4.69) is 78.2 Å². The summed E-state index contributed by atoms with van der Waals surface area (Å²) in [6, 6.07) is 10.9. The zero-order valence-electron chi connectivity index (χ0n) is 20.7. The van der Waals surface area contributed by atoms with Gasteiger partial charge in [0.1, 0.15) is 5.52 Å². The maximum atomic E-state index is 5.02. The number of nitrogens with one attached hydrogen (secondary N) is 1. The first-order chi connectivity index (χ1) is 16.3. The molecule has 0 spiro atoms. The summed E-state index contributed by atoms with van der Waals surface area (Å²) in [6.45, 7) is 10.7. The van der Waals surface area contributed by atoms with E-state index >= 15 is 0 Å². The van der Waals surface area contributed by atoms with Crippen LogP contribution in [0.4, 0.5) is 17.5 Å². The normalized spacial score (nSPS) is 15.1. The number of rotatable bonds is 4. The van der Waals surface area contributed by atoms with Gasteiger partial charge in [0.2, 0.25) is 5.95 Å². The Morgan fingerprint density at radius 1 is 1.00 bits per heavy atom. The molecule has 4 heterocycles. The number of imidazole rings is 1. The molecule has 7 heteroatoms. The van der Waals surface area contributed by atoms with Crippen LogP contribution in [0, 0.1) is 6.92 Å². The molecular weight excluding hydrogens is 422 g/mol. The van der Waals surface area contributed by atoms with Crippen molar-refractivity contribution >= 4 is 28.6 Å². The number of nitrogens with zero attached hydrogens (tertiary/aromatic N) is 6. The summed E-state index contributed by atoms with van der Waals surface area (Å²) < 4.78 is 1.99. The van der Waals surface area contributed by atoms with Crippen LogP contribution in [0.25, 0.3) is 11.2 Å². The number of aryl methyl sites for hydroxylation is 2. The number of piperidine rings is 1. The highest BCUT2D eigenvalue weighted by molar-refractivity contribution is 5.87. The molecule has 1 N–H and O–H groups in total. The molecule has 3 aromatic heterocycles. The van der Waals surface area contributed by atoms with Crippen molar-refractivity contribution in [2.75, 3.05) is 23.3 Å². The van der Waals surface area contributed by atoms with Crippen LogP contribution in [0.15, 0.2) is 49.1 Å². The number of hydrogen-bond donors (Lipinski definition) is 1. The number of fused-ring (bicyclic) bond motifs is 1. The third-order valence-corrected chi connectivity index (χ3v) is 6.87. The number of pyridine rings is 1. The Morgan fingerprint density at radius 3 is 2.44 bits per heavy atom. The first-order valence-corrected chi connectivity index (χ1v) is 12.0. The molecule has 5 rings (SSSR count). The minimum Gasteiger partial charge on any atom is -0.341 e. The maximum Gasteiger partial charge on any atom is 0.229 e. The van der Waals surface area contributed by atoms with Crippen LogP contribution in [0.1, 0.15) is 56.2 Å². The lowest BCUT2D eigenvalue weighted by Crippen LogP contribution is -2.34. The molecule has 1 aromatic carbocycles. The second-order valence-electron chi connectivity index (χ2n) is 10.3. The molecule has 34 heavy (non-hydrogen) atoms. The first kappa shape index (κ1) is 22.3. The van der Waals surface area contributed by atoms with Crippen LogP contribution in [-0.4, -0.2) is 37.6 Å². The van der Waals surface area contributed by atoms with Gasteiger partial charge in [0.15, 0.2) is 11.5 Å². The highest BCUT2D eigenvalue weighted by Gasteiger charge is 2.24. The number of aromatic nitrogens is 5. The molecule has 0 unspecified atom stereocenters. The molecule has 7 nitrogen and oxygen atoms in total. The van der Waals surface area contributed by atoms with E-state index in [0.717, 1.165) is 54.5 Å². The standard InChI is InChI=1S/C27H33N7/c1-18-6-7-21(27(2,3)4)16-22(18)30-25-23-24(29-17-33(23)5)31-26(32-25)34-14-10-20(11-15-34)19-8-12-28-13-9-19/h6-9,12-13,16-17,20H,10-11,14-15H2,1-5H3,(H,30,31,32). The molecule has 1 fully saturated rings. The molecule has 0 amide bonds. The topological polar surface area (TPSA) is 71.8 Å². The predicted octanol–water partition coefficient (Wildman–Crippen LogP) is 5.49. The second kappa shape index (κ2) is 8.70. The molecule has 0 saturated carbocycles. The van der Waals surface area contributed by atoms with Gasteiger partial charge in [-0.1, -0.05) is 32.9 Å². The smallest absolute Gasteiger partial charge is 0.229 e. The van der Waals surface area contributed by atoms with E-state index in [-0.39, 0.29) is 5.41 Å². The zero-order chi connectivity index (χ0) is 23.9. The van der Waals surface area contributed by atoms with E-state index in [1.807, 2.05) is 30.3 Å². The van der Waals surface area contributed by atoms with E-state index < -0.39 is 0 Å². The molecule has 4 aromatic rings. The minimum atomic E-state index is 0.0714. The SMILES string of the molecule is Cc1ccc(C(C)(C)C)cc1Nc1nc(N2CCC(c3ccncc3)CC2)nc2ncn(C)c12. The van der Waals surface area contributed by atoms with E-state index in [4.69, 9.17) is 9.97 Å². The summed E-state index contributed by atoms with van der Waals surface area (Å²) in [4.78, 5) is 20.8. The lowest BCUT2D eigenvalue weighted by atomic mass is 9.86. The molecule has 0 bridgehead atoms. The van der Waals surface area contributed by atoms with E-state index in [1.54, 1.807) is 0 Å². The fraction of sp³-hybridized carbons (Fsp3) is 0.407. The van der Waals surface area contributed by atoms with E-state index in [0.29, 0.717) is 5.92 Å². The lowest BCUT2D eigenvalue weighted by molar-refractivity contribution is 0.499. The molecule has 0 atom stereocenters. The molecular formula is C27H33N7. The van der Waals surface area contributed by atoms with Gasteiger partial charge in [0.25, 0.3) is 0 Å². The van der Waals surface area contributed by atoms with Crippen molar-refractivity contribution in [3.05, 3.63) is 65.7 Å². The summed E-state index contributed by atoms with van der Waals surface area (Å²) in [5, 5.41) is 3.62. The summed E-state index contributed by atoms with van der Waals surface area (Å²) in [6.07, 6.45) is 7.72. The van der Waals surface area contributed by atoms with Crippen molar-refractivity contribution in [1.82, 2.24) is 24.5 Å². The summed E-state index contributed by atoms with van der Waals surface area (Å²) in [5.41, 5.74) is 6.60. The van der Waals surface area contributed by atoms with E-state index in [9.17, 15) is 0 Å². The average Bonchev–Trinajstić information content (AvgIpc) is 3.21. The monoisotopic (exact) mass is 455 g/mol. The Balaban J connectivity index is 1.45. The van der Waals surface area contributed by atoms with Crippen molar-refractivity contribution in [2.24, 2.45) is 7.05 Å². The van der Waals surface area contributed by atoms with E-state index in [1.165, 1.54) is 16.7 Å². The Bertz CT molecular complexity index is 1300. The molecule has 1 saturated heterocycles. The third kappa shape index (κ3) is 4.34.